The quantitative estimate of drug-likeness (QED) is 0.713. The molecule has 8 nitrogen and oxygen atoms in total. The van der Waals surface area contributed by atoms with Crippen molar-refractivity contribution < 1.29 is 32.0 Å². The van der Waals surface area contributed by atoms with Gasteiger partial charge in [-0.25, -0.2) is 4.79 Å². The molecule has 1 aromatic carbocycles. The molecule has 1 fully saturated rings. The van der Waals surface area contributed by atoms with Crippen molar-refractivity contribution in [3.05, 3.63) is 35.2 Å². The van der Waals surface area contributed by atoms with E-state index in [-0.39, 0.29) is 23.3 Å². The number of ether oxygens (including phenoxy) is 1. The normalized spacial score (nSPS) is 21.2. The summed E-state index contributed by atoms with van der Waals surface area (Å²) in [6.45, 7) is 5.89. The van der Waals surface area contributed by atoms with E-state index in [4.69, 9.17) is 4.74 Å². The fraction of sp³-hybridized carbons (Fsp3) is 0.545. The van der Waals surface area contributed by atoms with Crippen LogP contribution in [0.25, 0.3) is 11.4 Å². The van der Waals surface area contributed by atoms with Gasteiger partial charge in [-0.05, 0) is 51.7 Å². The third-order valence-electron chi connectivity index (χ3n) is 5.67. The Balaban J connectivity index is 1.53. The van der Waals surface area contributed by atoms with Crippen LogP contribution in [-0.2, 0) is 17.5 Å². The first kappa shape index (κ1) is 23.1. The Morgan fingerprint density at radius 3 is 2.61 bits per heavy atom. The Labute approximate surface area is 188 Å². The highest BCUT2D eigenvalue weighted by atomic mass is 19.4. The van der Waals surface area contributed by atoms with E-state index >= 15 is 0 Å². The fourth-order valence-electron chi connectivity index (χ4n) is 4.23. The van der Waals surface area contributed by atoms with Crippen LogP contribution in [0.5, 0.6) is 0 Å². The Morgan fingerprint density at radius 2 is 1.94 bits per heavy atom. The summed E-state index contributed by atoms with van der Waals surface area (Å²) in [6, 6.07) is 4.44. The van der Waals surface area contributed by atoms with Gasteiger partial charge < -0.3 is 19.5 Å². The van der Waals surface area contributed by atoms with Gasteiger partial charge in [-0.15, -0.1) is 0 Å². The van der Waals surface area contributed by atoms with Crippen molar-refractivity contribution in [2.45, 2.75) is 76.9 Å². The molecule has 1 N–H and O–H groups in total. The highest BCUT2D eigenvalue weighted by molar-refractivity contribution is 5.99. The summed E-state index contributed by atoms with van der Waals surface area (Å²) in [5, 5.41) is 6.17. The maximum absolute atomic E-state index is 13.2. The molecule has 1 aliphatic carbocycles. The van der Waals surface area contributed by atoms with Crippen LogP contribution in [0, 0.1) is 0 Å². The van der Waals surface area contributed by atoms with Gasteiger partial charge in [-0.2, -0.15) is 18.2 Å². The number of halogens is 3. The second-order valence-corrected chi connectivity index (χ2v) is 9.40. The molecule has 1 aromatic heterocycles. The van der Waals surface area contributed by atoms with Crippen LogP contribution in [0.1, 0.15) is 68.3 Å². The van der Waals surface area contributed by atoms with Crippen LogP contribution in [0.15, 0.2) is 22.7 Å². The predicted octanol–water partition coefficient (Wildman–Crippen LogP) is 4.55. The van der Waals surface area contributed by atoms with E-state index in [1.807, 2.05) is 20.8 Å². The summed E-state index contributed by atoms with van der Waals surface area (Å²) < 4.78 is 48.3. The highest BCUT2D eigenvalue weighted by Gasteiger charge is 2.41. The summed E-state index contributed by atoms with van der Waals surface area (Å²) in [6.07, 6.45) is -2.57. The molecule has 2 heterocycles. The van der Waals surface area contributed by atoms with Crippen LogP contribution in [0.2, 0.25) is 0 Å². The van der Waals surface area contributed by atoms with Crippen molar-refractivity contribution in [1.82, 2.24) is 20.4 Å². The lowest BCUT2D eigenvalue weighted by Gasteiger charge is -2.37. The van der Waals surface area contributed by atoms with Gasteiger partial charge in [0, 0.05) is 23.2 Å². The smallest absolute Gasteiger partial charge is 0.444 e. The number of benzene rings is 1. The lowest BCUT2D eigenvalue weighted by molar-refractivity contribution is -0.159. The SMILES string of the molecule is CC(C)(C)NC(=O)O[C@@H]1CCCC[C@H]1N1Cc2ccc(-c3noc(C(F)(F)F)n3)cc2C1=O. The molecule has 1 saturated carbocycles. The van der Waals surface area contributed by atoms with Crippen LogP contribution in [0.4, 0.5) is 18.0 Å². The zero-order chi connectivity index (χ0) is 24.0. The second-order valence-electron chi connectivity index (χ2n) is 9.40. The highest BCUT2D eigenvalue weighted by Crippen LogP contribution is 2.35. The second kappa shape index (κ2) is 8.35. The number of hydrogen-bond donors (Lipinski definition) is 1. The van der Waals surface area contributed by atoms with E-state index in [1.54, 1.807) is 17.0 Å². The molecule has 0 saturated heterocycles. The molecule has 0 radical (unpaired) electrons. The largest absolute Gasteiger partial charge is 0.471 e. The first-order chi connectivity index (χ1) is 15.4. The Hall–Kier alpha value is -3.11. The number of nitrogens with one attached hydrogen (secondary N) is 1. The van der Waals surface area contributed by atoms with Gasteiger partial charge in [0.15, 0.2) is 0 Å². The number of alkyl halides is 3. The molecular formula is C22H25F3N4O4. The van der Waals surface area contributed by atoms with Crippen LogP contribution >= 0.6 is 0 Å². The number of nitrogens with zero attached hydrogens (tertiary/aromatic N) is 3. The lowest BCUT2D eigenvalue weighted by atomic mass is 9.91. The van der Waals surface area contributed by atoms with Crippen LogP contribution in [0.3, 0.4) is 0 Å². The third-order valence-corrected chi connectivity index (χ3v) is 5.67. The van der Waals surface area contributed by atoms with Gasteiger partial charge in [-0.1, -0.05) is 23.7 Å². The Kier molecular flexibility index (Phi) is 5.83. The number of alkyl carbamates (subject to hydrolysis) is 1. The summed E-state index contributed by atoms with van der Waals surface area (Å²) in [7, 11) is 0. The van der Waals surface area contributed by atoms with E-state index in [0.717, 1.165) is 18.4 Å². The zero-order valence-electron chi connectivity index (χ0n) is 18.5. The lowest BCUT2D eigenvalue weighted by Crippen LogP contribution is -2.50. The molecule has 11 heteroatoms. The summed E-state index contributed by atoms with van der Waals surface area (Å²) in [5.41, 5.74) is 0.920. The maximum atomic E-state index is 13.2. The first-order valence-corrected chi connectivity index (χ1v) is 10.8. The summed E-state index contributed by atoms with van der Waals surface area (Å²) >= 11 is 0. The molecule has 0 spiro atoms. The van der Waals surface area contributed by atoms with Crippen LogP contribution in [-0.4, -0.2) is 44.7 Å². The maximum Gasteiger partial charge on any atom is 0.471 e. The van der Waals surface area contributed by atoms with Crippen LogP contribution < -0.4 is 5.32 Å². The molecule has 2 amide bonds. The van der Waals surface area contributed by atoms with Crippen molar-refractivity contribution in [2.75, 3.05) is 0 Å². The molecule has 2 atom stereocenters. The number of rotatable bonds is 3. The van der Waals surface area contributed by atoms with Crippen molar-refractivity contribution in [2.24, 2.45) is 0 Å². The number of amides is 2. The average molecular weight is 466 g/mol. The predicted molar refractivity (Wildman–Crippen MR) is 110 cm³/mol. The van der Waals surface area contributed by atoms with Gasteiger partial charge in [-0.3, -0.25) is 4.79 Å². The number of carbonyl (C=O) groups excluding carboxylic acids is 2. The number of carbonyl (C=O) groups is 2. The average Bonchev–Trinajstić information content (AvgIpc) is 3.32. The number of fused-ring (bicyclic) bond motifs is 1. The first-order valence-electron chi connectivity index (χ1n) is 10.8. The number of aromatic nitrogens is 2. The molecular weight excluding hydrogens is 441 g/mol. The Bertz CT molecular complexity index is 1060. The van der Waals surface area contributed by atoms with Crippen molar-refractivity contribution in [1.29, 1.82) is 0 Å². The summed E-state index contributed by atoms with van der Waals surface area (Å²) in [4.78, 5) is 30.6. The molecule has 0 bridgehead atoms. The fourth-order valence-corrected chi connectivity index (χ4v) is 4.23. The molecule has 2 aromatic rings. The minimum atomic E-state index is -4.75. The molecule has 1 aliphatic heterocycles. The van der Waals surface area contributed by atoms with Gasteiger partial charge in [0.25, 0.3) is 5.91 Å². The van der Waals surface area contributed by atoms with Crippen molar-refractivity contribution >= 4 is 12.0 Å². The van der Waals surface area contributed by atoms with Gasteiger partial charge in [0.05, 0.1) is 6.04 Å². The van der Waals surface area contributed by atoms with E-state index in [9.17, 15) is 22.8 Å². The third kappa shape index (κ3) is 4.96. The van der Waals surface area contributed by atoms with E-state index in [2.05, 4.69) is 20.0 Å². The van der Waals surface area contributed by atoms with Crippen molar-refractivity contribution in [3.63, 3.8) is 0 Å². The van der Waals surface area contributed by atoms with E-state index in [0.29, 0.717) is 24.9 Å². The molecule has 33 heavy (non-hydrogen) atoms. The molecule has 178 valence electrons. The molecule has 4 rings (SSSR count). The van der Waals surface area contributed by atoms with Crippen molar-refractivity contribution in [3.8, 4) is 11.4 Å². The minimum absolute atomic E-state index is 0.242. The number of hydrogen-bond acceptors (Lipinski definition) is 6. The topological polar surface area (TPSA) is 97.6 Å². The monoisotopic (exact) mass is 466 g/mol. The summed E-state index contributed by atoms with van der Waals surface area (Å²) in [5.74, 6) is -1.95. The van der Waals surface area contributed by atoms with Gasteiger partial charge in [0.1, 0.15) is 6.10 Å². The standard InChI is InChI=1S/C22H25F3N4O4/c1-21(2,3)27-20(31)32-16-7-5-4-6-15(16)29-11-13-9-8-12(10-14(13)18(29)30)17-26-19(33-28-17)22(23,24)25/h8-10,15-16H,4-7,11H2,1-3H3,(H,27,31)/t15-,16-/m1/s1. The van der Waals surface area contributed by atoms with Gasteiger partial charge in [0.2, 0.25) is 5.82 Å². The minimum Gasteiger partial charge on any atom is -0.444 e. The van der Waals surface area contributed by atoms with Gasteiger partial charge >= 0.3 is 18.2 Å². The molecule has 2 aliphatic rings. The molecule has 0 unspecified atom stereocenters. The van der Waals surface area contributed by atoms with E-state index < -0.39 is 29.8 Å². The zero-order valence-corrected chi connectivity index (χ0v) is 18.5. The van der Waals surface area contributed by atoms with E-state index in [1.165, 1.54) is 6.07 Å². The Morgan fingerprint density at radius 1 is 1.21 bits per heavy atom.